The van der Waals surface area contributed by atoms with Gasteiger partial charge in [-0.2, -0.15) is 4.31 Å². The fourth-order valence-corrected chi connectivity index (χ4v) is 6.45. The fourth-order valence-electron chi connectivity index (χ4n) is 4.93. The average molecular weight is 564 g/mol. The zero-order valence-corrected chi connectivity index (χ0v) is 23.4. The van der Waals surface area contributed by atoms with E-state index < -0.39 is 16.1 Å². The lowest BCUT2D eigenvalue weighted by atomic mass is 10.0. The highest BCUT2D eigenvalue weighted by molar-refractivity contribution is 7.89. The highest BCUT2D eigenvalue weighted by atomic mass is 32.2. The van der Waals surface area contributed by atoms with Crippen LogP contribution in [0.4, 0.5) is 0 Å². The molecule has 212 valence electrons. The molecule has 1 heterocycles. The van der Waals surface area contributed by atoms with Crippen molar-refractivity contribution in [2.75, 3.05) is 26.2 Å². The first-order chi connectivity index (χ1) is 19.4. The Bertz CT molecular complexity index is 1340. The molecule has 3 aromatic rings. The van der Waals surface area contributed by atoms with Crippen LogP contribution in [0.25, 0.3) is 0 Å². The summed E-state index contributed by atoms with van der Waals surface area (Å²) in [7, 11) is -3.50. The van der Waals surface area contributed by atoms with E-state index in [1.807, 2.05) is 60.7 Å². The Hall–Kier alpha value is -3.53. The summed E-state index contributed by atoms with van der Waals surface area (Å²) in [6.07, 6.45) is 2.65. The van der Waals surface area contributed by atoms with Crippen LogP contribution in [0.2, 0.25) is 0 Å². The SMILES string of the molecule is O=C(NCCO)C(Cc1ccccc1)N(Cc1ccccc1)C(=O)CCc1ccc(S(=O)(=O)N2CCCC2)cc1. The van der Waals surface area contributed by atoms with Crippen LogP contribution >= 0.6 is 0 Å². The van der Waals surface area contributed by atoms with Gasteiger partial charge in [0.1, 0.15) is 6.04 Å². The quantitative estimate of drug-likeness (QED) is 0.332. The molecule has 1 aliphatic heterocycles. The molecule has 1 fully saturated rings. The molecule has 2 N–H and O–H groups in total. The maximum atomic E-state index is 13.7. The average Bonchev–Trinajstić information content (AvgIpc) is 3.54. The highest BCUT2D eigenvalue weighted by Gasteiger charge is 2.30. The highest BCUT2D eigenvalue weighted by Crippen LogP contribution is 2.22. The van der Waals surface area contributed by atoms with E-state index in [1.54, 1.807) is 29.2 Å². The van der Waals surface area contributed by atoms with Crippen molar-refractivity contribution in [1.29, 1.82) is 0 Å². The van der Waals surface area contributed by atoms with E-state index in [4.69, 9.17) is 0 Å². The Morgan fingerprint density at radius 1 is 0.850 bits per heavy atom. The van der Waals surface area contributed by atoms with Gasteiger partial charge in [-0.1, -0.05) is 72.8 Å². The maximum absolute atomic E-state index is 13.7. The van der Waals surface area contributed by atoms with Gasteiger partial charge in [0, 0.05) is 39.0 Å². The fraction of sp³-hybridized carbons (Fsp3) is 0.355. The van der Waals surface area contributed by atoms with Crippen molar-refractivity contribution >= 4 is 21.8 Å². The van der Waals surface area contributed by atoms with Crippen LogP contribution in [0.1, 0.15) is 36.0 Å². The van der Waals surface area contributed by atoms with E-state index in [2.05, 4.69) is 5.32 Å². The molecule has 0 spiro atoms. The monoisotopic (exact) mass is 563 g/mol. The standard InChI is InChI=1S/C31H37N3O5S/c35-22-19-32-31(37)29(23-26-9-3-1-4-10-26)34(24-27-11-5-2-6-12-27)30(36)18-15-25-13-16-28(17-14-25)40(38,39)33-20-7-8-21-33/h1-6,9-14,16-17,29,35H,7-8,15,18-24H2,(H,32,37). The number of aryl methyl sites for hydroxylation is 1. The molecule has 1 aliphatic rings. The van der Waals surface area contributed by atoms with Crippen LogP contribution in [0.5, 0.6) is 0 Å². The molecule has 0 aromatic heterocycles. The zero-order valence-electron chi connectivity index (χ0n) is 22.6. The largest absolute Gasteiger partial charge is 0.395 e. The number of aliphatic hydroxyl groups is 1. The molecule has 1 atom stereocenters. The molecule has 1 saturated heterocycles. The maximum Gasteiger partial charge on any atom is 0.243 e. The van der Waals surface area contributed by atoms with Crippen molar-refractivity contribution in [1.82, 2.24) is 14.5 Å². The number of benzene rings is 3. The molecule has 2 amide bonds. The normalized spacial score (nSPS) is 14.5. The third-order valence-corrected chi connectivity index (χ3v) is 9.04. The summed E-state index contributed by atoms with van der Waals surface area (Å²) >= 11 is 0. The lowest BCUT2D eigenvalue weighted by molar-refractivity contribution is -0.141. The molecule has 4 rings (SSSR count). The summed E-state index contributed by atoms with van der Waals surface area (Å²) in [5.41, 5.74) is 2.67. The van der Waals surface area contributed by atoms with Gasteiger partial charge in [0.25, 0.3) is 0 Å². The van der Waals surface area contributed by atoms with Gasteiger partial charge in [0.15, 0.2) is 0 Å². The van der Waals surface area contributed by atoms with Crippen LogP contribution in [0.3, 0.4) is 0 Å². The predicted octanol–water partition coefficient (Wildman–Crippen LogP) is 3.15. The van der Waals surface area contributed by atoms with Crippen molar-refractivity contribution in [3.8, 4) is 0 Å². The van der Waals surface area contributed by atoms with Crippen LogP contribution in [-0.2, 0) is 39.0 Å². The number of carbonyl (C=O) groups is 2. The van der Waals surface area contributed by atoms with Crippen LogP contribution < -0.4 is 5.32 Å². The molecular weight excluding hydrogens is 526 g/mol. The Morgan fingerprint density at radius 3 is 2.05 bits per heavy atom. The zero-order chi connectivity index (χ0) is 28.4. The van der Waals surface area contributed by atoms with E-state index >= 15 is 0 Å². The van der Waals surface area contributed by atoms with Gasteiger partial charge in [-0.25, -0.2) is 8.42 Å². The Kier molecular flexibility index (Phi) is 10.5. The number of amides is 2. The van der Waals surface area contributed by atoms with Crippen LogP contribution in [0.15, 0.2) is 89.8 Å². The number of hydrogen-bond acceptors (Lipinski definition) is 5. The first kappa shape index (κ1) is 29.5. The molecular formula is C31H37N3O5S. The molecule has 9 heteroatoms. The smallest absolute Gasteiger partial charge is 0.243 e. The summed E-state index contributed by atoms with van der Waals surface area (Å²) in [5, 5.41) is 12.0. The number of aliphatic hydroxyl groups excluding tert-OH is 1. The van der Waals surface area contributed by atoms with E-state index in [-0.39, 0.29) is 42.8 Å². The van der Waals surface area contributed by atoms with Gasteiger partial charge in [-0.05, 0) is 48.1 Å². The Balaban J connectivity index is 1.52. The molecule has 3 aromatic carbocycles. The van der Waals surface area contributed by atoms with E-state index in [1.165, 1.54) is 4.31 Å². The van der Waals surface area contributed by atoms with Gasteiger partial charge >= 0.3 is 0 Å². The molecule has 0 bridgehead atoms. The van der Waals surface area contributed by atoms with Gasteiger partial charge in [-0.3, -0.25) is 9.59 Å². The van der Waals surface area contributed by atoms with Gasteiger partial charge in [0.2, 0.25) is 21.8 Å². The minimum atomic E-state index is -3.50. The van der Waals surface area contributed by atoms with E-state index in [0.717, 1.165) is 29.5 Å². The second kappa shape index (κ2) is 14.2. The Labute approximate surface area is 236 Å². The first-order valence-electron chi connectivity index (χ1n) is 13.7. The lowest BCUT2D eigenvalue weighted by Gasteiger charge is -2.31. The summed E-state index contributed by atoms with van der Waals surface area (Å²) in [4.78, 5) is 28.9. The number of carbonyl (C=O) groups excluding carboxylic acids is 2. The van der Waals surface area contributed by atoms with Gasteiger partial charge in [0.05, 0.1) is 11.5 Å². The summed E-state index contributed by atoms with van der Waals surface area (Å²) in [5.74, 6) is -0.503. The second-order valence-electron chi connectivity index (χ2n) is 9.98. The van der Waals surface area contributed by atoms with Crippen molar-refractivity contribution in [3.63, 3.8) is 0 Å². The Morgan fingerprint density at radius 2 is 1.45 bits per heavy atom. The van der Waals surface area contributed by atoms with Crippen molar-refractivity contribution in [2.24, 2.45) is 0 Å². The van der Waals surface area contributed by atoms with Crippen molar-refractivity contribution < 1.29 is 23.1 Å². The topological polar surface area (TPSA) is 107 Å². The predicted molar refractivity (Wildman–Crippen MR) is 154 cm³/mol. The molecule has 8 nitrogen and oxygen atoms in total. The number of nitrogens with zero attached hydrogens (tertiary/aromatic N) is 2. The van der Waals surface area contributed by atoms with E-state index in [9.17, 15) is 23.1 Å². The van der Waals surface area contributed by atoms with Gasteiger partial charge in [-0.15, -0.1) is 0 Å². The molecule has 0 aliphatic carbocycles. The molecule has 1 unspecified atom stereocenters. The number of hydrogen-bond donors (Lipinski definition) is 2. The molecule has 40 heavy (non-hydrogen) atoms. The van der Waals surface area contributed by atoms with Crippen molar-refractivity contribution in [3.05, 3.63) is 102 Å². The van der Waals surface area contributed by atoms with Crippen LogP contribution in [0, 0.1) is 0 Å². The minimum absolute atomic E-state index is 0.101. The summed E-state index contributed by atoms with van der Waals surface area (Å²) in [6.45, 7) is 1.26. The van der Waals surface area contributed by atoms with E-state index in [0.29, 0.717) is 25.9 Å². The van der Waals surface area contributed by atoms with Crippen LogP contribution in [-0.4, -0.2) is 66.8 Å². The second-order valence-corrected chi connectivity index (χ2v) is 11.9. The lowest BCUT2D eigenvalue weighted by Crippen LogP contribution is -2.51. The summed E-state index contributed by atoms with van der Waals surface area (Å²) in [6, 6.07) is 25.0. The van der Waals surface area contributed by atoms with Gasteiger partial charge < -0.3 is 15.3 Å². The number of sulfonamides is 1. The summed E-state index contributed by atoms with van der Waals surface area (Å²) < 4.78 is 27.2. The van der Waals surface area contributed by atoms with Crippen molar-refractivity contribution in [2.45, 2.75) is 49.6 Å². The number of nitrogens with one attached hydrogen (secondary N) is 1. The molecule has 0 radical (unpaired) electrons. The third-order valence-electron chi connectivity index (χ3n) is 7.13. The first-order valence-corrected chi connectivity index (χ1v) is 15.2. The third kappa shape index (κ3) is 7.78. The number of rotatable bonds is 13. The molecule has 0 saturated carbocycles. The minimum Gasteiger partial charge on any atom is -0.395 e.